The van der Waals surface area contributed by atoms with Gasteiger partial charge in [0, 0.05) is 32.2 Å². The molecule has 1 fully saturated rings. The number of aliphatic hydroxyl groups is 1. The molecular formula is C17H22F3N3OS. The van der Waals surface area contributed by atoms with Gasteiger partial charge in [0.2, 0.25) is 0 Å². The summed E-state index contributed by atoms with van der Waals surface area (Å²) in [4.78, 5) is 8.78. The van der Waals surface area contributed by atoms with Gasteiger partial charge in [0.25, 0.3) is 0 Å². The molecular weight excluding hydrogens is 351 g/mol. The van der Waals surface area contributed by atoms with Crippen molar-refractivity contribution in [2.45, 2.75) is 38.6 Å². The fourth-order valence-electron chi connectivity index (χ4n) is 3.22. The number of halogens is 3. The van der Waals surface area contributed by atoms with E-state index in [0.29, 0.717) is 12.1 Å². The van der Waals surface area contributed by atoms with Crippen molar-refractivity contribution in [1.29, 1.82) is 0 Å². The highest BCUT2D eigenvalue weighted by Gasteiger charge is 2.32. The first-order chi connectivity index (χ1) is 11.5. The van der Waals surface area contributed by atoms with Crippen LogP contribution in [0.2, 0.25) is 0 Å². The summed E-state index contributed by atoms with van der Waals surface area (Å²) in [5, 5.41) is 10.7. The third-order valence-corrected chi connectivity index (χ3v) is 5.34. The molecule has 1 N–H and O–H groups in total. The lowest BCUT2D eigenvalue weighted by Gasteiger charge is -2.41. The van der Waals surface area contributed by atoms with E-state index >= 15 is 0 Å². The molecule has 0 spiro atoms. The lowest BCUT2D eigenvalue weighted by Crippen LogP contribution is -2.54. The van der Waals surface area contributed by atoms with Gasteiger partial charge in [-0.1, -0.05) is 11.3 Å². The summed E-state index contributed by atoms with van der Waals surface area (Å²) < 4.78 is 39.3. The van der Waals surface area contributed by atoms with Crippen molar-refractivity contribution in [2.75, 3.05) is 31.1 Å². The van der Waals surface area contributed by atoms with E-state index < -0.39 is 17.3 Å². The van der Waals surface area contributed by atoms with Crippen LogP contribution in [0.15, 0.2) is 18.2 Å². The van der Waals surface area contributed by atoms with Crippen LogP contribution in [0.4, 0.5) is 18.3 Å². The largest absolute Gasteiger partial charge is 0.416 e. The molecule has 1 aliphatic rings. The van der Waals surface area contributed by atoms with Crippen molar-refractivity contribution in [3.8, 4) is 0 Å². The van der Waals surface area contributed by atoms with Crippen molar-refractivity contribution >= 4 is 26.7 Å². The fourth-order valence-corrected chi connectivity index (χ4v) is 4.30. The molecule has 3 rings (SSSR count). The molecule has 138 valence electrons. The summed E-state index contributed by atoms with van der Waals surface area (Å²) >= 11 is 1.42. The average molecular weight is 373 g/mol. The van der Waals surface area contributed by atoms with Gasteiger partial charge in [-0.25, -0.2) is 4.98 Å². The van der Waals surface area contributed by atoms with E-state index in [1.165, 1.54) is 17.4 Å². The SMILES string of the molecule is CC1CN(CC(C)(C)O)CCN1c1nc2cc(C(F)(F)F)ccc2s1. The van der Waals surface area contributed by atoms with Crippen LogP contribution in [0.3, 0.4) is 0 Å². The Morgan fingerprint density at radius 2 is 2.00 bits per heavy atom. The molecule has 0 radical (unpaired) electrons. The number of aromatic nitrogens is 1. The summed E-state index contributed by atoms with van der Waals surface area (Å²) in [6, 6.07) is 3.90. The second-order valence-electron chi connectivity index (χ2n) is 7.27. The number of anilines is 1. The number of rotatable bonds is 3. The van der Waals surface area contributed by atoms with Gasteiger partial charge in [-0.3, -0.25) is 4.90 Å². The maximum Gasteiger partial charge on any atom is 0.416 e. The number of β-amino-alcohol motifs (C(OH)–C–C–N with tert-alkyl or cyclic N) is 1. The van der Waals surface area contributed by atoms with Crippen molar-refractivity contribution < 1.29 is 18.3 Å². The molecule has 0 bridgehead atoms. The summed E-state index contributed by atoms with van der Waals surface area (Å²) in [6.07, 6.45) is -4.35. The summed E-state index contributed by atoms with van der Waals surface area (Å²) in [6.45, 7) is 8.56. The van der Waals surface area contributed by atoms with Gasteiger partial charge >= 0.3 is 6.18 Å². The Morgan fingerprint density at radius 1 is 1.28 bits per heavy atom. The van der Waals surface area contributed by atoms with E-state index in [1.54, 1.807) is 13.8 Å². The first-order valence-electron chi connectivity index (χ1n) is 8.22. The maximum atomic E-state index is 12.9. The van der Waals surface area contributed by atoms with E-state index in [-0.39, 0.29) is 6.04 Å². The Labute approximate surface area is 148 Å². The molecule has 2 heterocycles. The molecule has 1 aliphatic heterocycles. The van der Waals surface area contributed by atoms with Crippen LogP contribution >= 0.6 is 11.3 Å². The molecule has 1 atom stereocenters. The molecule has 2 aromatic rings. The van der Waals surface area contributed by atoms with Crippen LogP contribution in [0.25, 0.3) is 10.2 Å². The van der Waals surface area contributed by atoms with Crippen molar-refractivity contribution in [1.82, 2.24) is 9.88 Å². The molecule has 25 heavy (non-hydrogen) atoms. The highest BCUT2D eigenvalue weighted by atomic mass is 32.1. The zero-order valence-electron chi connectivity index (χ0n) is 14.5. The molecule has 0 aliphatic carbocycles. The summed E-state index contributed by atoms with van der Waals surface area (Å²) in [7, 11) is 0. The van der Waals surface area contributed by atoms with Gasteiger partial charge < -0.3 is 10.0 Å². The molecule has 8 heteroatoms. The predicted octanol–water partition coefficient (Wildman–Crippen LogP) is 3.60. The monoisotopic (exact) mass is 373 g/mol. The molecule has 0 saturated carbocycles. The minimum Gasteiger partial charge on any atom is -0.389 e. The Bertz CT molecular complexity index is 754. The second kappa shape index (κ2) is 6.41. The van der Waals surface area contributed by atoms with Gasteiger partial charge in [-0.05, 0) is 39.0 Å². The van der Waals surface area contributed by atoms with Gasteiger partial charge in [0.05, 0.1) is 21.4 Å². The molecule has 0 amide bonds. The number of thiazole rings is 1. The molecule has 4 nitrogen and oxygen atoms in total. The van der Waals surface area contributed by atoms with E-state index in [4.69, 9.17) is 0 Å². The number of nitrogens with zero attached hydrogens (tertiary/aromatic N) is 3. The van der Waals surface area contributed by atoms with E-state index in [2.05, 4.69) is 21.7 Å². The Kier molecular flexibility index (Phi) is 4.72. The van der Waals surface area contributed by atoms with Crippen LogP contribution in [0.1, 0.15) is 26.3 Å². The smallest absolute Gasteiger partial charge is 0.389 e. The number of fused-ring (bicyclic) bond motifs is 1. The summed E-state index contributed by atoms with van der Waals surface area (Å²) in [5.41, 5.74) is -1.02. The lowest BCUT2D eigenvalue weighted by atomic mass is 10.1. The quantitative estimate of drug-likeness (QED) is 0.893. The minimum atomic E-state index is -4.35. The van der Waals surface area contributed by atoms with Crippen LogP contribution in [-0.2, 0) is 6.18 Å². The number of piperazine rings is 1. The standard InChI is InChI=1S/C17H22F3N3OS/c1-11-9-22(10-16(2,3)24)6-7-23(11)15-21-13-8-12(17(18,19)20)4-5-14(13)25-15/h4-5,8,11,24H,6-7,9-10H2,1-3H3. The third-order valence-electron chi connectivity index (χ3n) is 4.27. The van der Waals surface area contributed by atoms with E-state index in [1.807, 2.05) is 0 Å². The Hall–Kier alpha value is -1.38. The van der Waals surface area contributed by atoms with Gasteiger partial charge in [-0.2, -0.15) is 13.2 Å². The van der Waals surface area contributed by atoms with Crippen LogP contribution in [0, 0.1) is 0 Å². The van der Waals surface area contributed by atoms with Gasteiger partial charge in [0.1, 0.15) is 0 Å². The zero-order chi connectivity index (χ0) is 18.4. The minimum absolute atomic E-state index is 0.179. The number of hydrogen-bond acceptors (Lipinski definition) is 5. The van der Waals surface area contributed by atoms with Crippen LogP contribution in [-0.4, -0.2) is 52.8 Å². The first kappa shape index (κ1) is 18.4. The van der Waals surface area contributed by atoms with Gasteiger partial charge in [0.15, 0.2) is 5.13 Å². The number of benzene rings is 1. The van der Waals surface area contributed by atoms with E-state index in [9.17, 15) is 18.3 Å². The third kappa shape index (κ3) is 4.24. The number of hydrogen-bond donors (Lipinski definition) is 1. The Morgan fingerprint density at radius 3 is 2.60 bits per heavy atom. The van der Waals surface area contributed by atoms with Crippen molar-refractivity contribution in [3.05, 3.63) is 23.8 Å². The predicted molar refractivity (Wildman–Crippen MR) is 94.2 cm³/mol. The van der Waals surface area contributed by atoms with Gasteiger partial charge in [-0.15, -0.1) is 0 Å². The molecule has 1 unspecified atom stereocenters. The molecule has 1 aromatic heterocycles. The zero-order valence-corrected chi connectivity index (χ0v) is 15.3. The average Bonchev–Trinajstić information content (AvgIpc) is 2.87. The maximum absolute atomic E-state index is 12.9. The fraction of sp³-hybridized carbons (Fsp3) is 0.588. The Balaban J connectivity index is 1.78. The highest BCUT2D eigenvalue weighted by molar-refractivity contribution is 7.22. The highest BCUT2D eigenvalue weighted by Crippen LogP contribution is 2.35. The molecule has 1 aromatic carbocycles. The van der Waals surface area contributed by atoms with Crippen molar-refractivity contribution in [2.24, 2.45) is 0 Å². The second-order valence-corrected chi connectivity index (χ2v) is 8.28. The summed E-state index contributed by atoms with van der Waals surface area (Å²) in [5.74, 6) is 0. The van der Waals surface area contributed by atoms with Crippen LogP contribution in [0.5, 0.6) is 0 Å². The topological polar surface area (TPSA) is 39.6 Å². The lowest BCUT2D eigenvalue weighted by molar-refractivity contribution is -0.137. The molecule has 1 saturated heterocycles. The number of alkyl halides is 3. The van der Waals surface area contributed by atoms with Crippen molar-refractivity contribution in [3.63, 3.8) is 0 Å². The van der Waals surface area contributed by atoms with E-state index in [0.717, 1.165) is 41.6 Å². The normalized spacial score (nSPS) is 20.4. The van der Waals surface area contributed by atoms with Crippen LogP contribution < -0.4 is 4.90 Å². The first-order valence-corrected chi connectivity index (χ1v) is 9.04.